The summed E-state index contributed by atoms with van der Waals surface area (Å²) in [5.74, 6) is -0.810. The van der Waals surface area contributed by atoms with E-state index in [2.05, 4.69) is 0 Å². The lowest BCUT2D eigenvalue weighted by atomic mass is 10.0. The summed E-state index contributed by atoms with van der Waals surface area (Å²) in [5, 5.41) is 8.65. The Morgan fingerprint density at radius 1 is 1.47 bits per heavy atom. The van der Waals surface area contributed by atoms with Crippen molar-refractivity contribution in [3.63, 3.8) is 0 Å². The van der Waals surface area contributed by atoms with Gasteiger partial charge in [0.1, 0.15) is 0 Å². The topological polar surface area (TPSA) is 63.3 Å². The van der Waals surface area contributed by atoms with Crippen LogP contribution in [0.25, 0.3) is 0 Å². The molecule has 1 atom stereocenters. The molecule has 0 aliphatic rings. The maximum Gasteiger partial charge on any atom is 0.303 e. The first-order valence-electron chi connectivity index (χ1n) is 4.70. The second-order valence-electron chi connectivity index (χ2n) is 3.35. The number of aliphatic carboxylic acids is 1. The number of thioether (sulfide) groups is 1. The highest BCUT2D eigenvalue weighted by Gasteiger charge is 2.26. The Morgan fingerprint density at radius 3 is 2.53 bits per heavy atom. The molecule has 0 heterocycles. The van der Waals surface area contributed by atoms with Gasteiger partial charge in [-0.3, -0.25) is 4.79 Å². The van der Waals surface area contributed by atoms with E-state index in [1.165, 1.54) is 11.8 Å². The SMILES string of the molecule is CSC(N)(CCC(=O)O)c1ccccc1. The zero-order chi connectivity index (χ0) is 11.3. The minimum absolute atomic E-state index is 0.0895. The maximum absolute atomic E-state index is 10.5. The third-order valence-corrected chi connectivity index (χ3v) is 3.51. The van der Waals surface area contributed by atoms with Crippen molar-refractivity contribution in [1.29, 1.82) is 0 Å². The van der Waals surface area contributed by atoms with Crippen molar-refractivity contribution in [2.45, 2.75) is 17.7 Å². The van der Waals surface area contributed by atoms with Crippen LogP contribution in [0.3, 0.4) is 0 Å². The van der Waals surface area contributed by atoms with Gasteiger partial charge in [-0.1, -0.05) is 30.3 Å². The standard InChI is InChI=1S/C11H15NO2S/c1-15-11(12,8-7-10(13)14)9-5-3-2-4-6-9/h2-6H,7-8,12H2,1H3,(H,13,14). The van der Waals surface area contributed by atoms with Gasteiger partial charge in [0.25, 0.3) is 0 Å². The molecule has 15 heavy (non-hydrogen) atoms. The summed E-state index contributed by atoms with van der Waals surface area (Å²) in [4.78, 5) is 9.93. The first-order valence-corrected chi connectivity index (χ1v) is 5.92. The molecule has 0 aliphatic heterocycles. The second kappa shape index (κ2) is 5.19. The van der Waals surface area contributed by atoms with E-state index >= 15 is 0 Å². The molecule has 0 spiro atoms. The number of hydrogen-bond donors (Lipinski definition) is 2. The van der Waals surface area contributed by atoms with Crippen molar-refractivity contribution in [2.24, 2.45) is 5.73 Å². The molecule has 0 bridgehead atoms. The molecule has 3 N–H and O–H groups in total. The average molecular weight is 225 g/mol. The van der Waals surface area contributed by atoms with Gasteiger partial charge in [0, 0.05) is 6.42 Å². The highest BCUT2D eigenvalue weighted by molar-refractivity contribution is 7.99. The summed E-state index contributed by atoms with van der Waals surface area (Å²) in [6.07, 6.45) is 2.43. The van der Waals surface area contributed by atoms with Crippen molar-refractivity contribution in [1.82, 2.24) is 0 Å². The number of benzene rings is 1. The van der Waals surface area contributed by atoms with E-state index in [4.69, 9.17) is 10.8 Å². The fourth-order valence-corrected chi connectivity index (χ4v) is 2.06. The summed E-state index contributed by atoms with van der Waals surface area (Å²) in [7, 11) is 0. The number of carboxylic acid groups (broad SMARTS) is 1. The van der Waals surface area contributed by atoms with Gasteiger partial charge in [0.05, 0.1) is 4.87 Å². The van der Waals surface area contributed by atoms with Crippen LogP contribution in [0.2, 0.25) is 0 Å². The zero-order valence-corrected chi connectivity index (χ0v) is 9.46. The summed E-state index contributed by atoms with van der Waals surface area (Å²) < 4.78 is 0. The van der Waals surface area contributed by atoms with Crippen LogP contribution in [0.4, 0.5) is 0 Å². The molecule has 1 rings (SSSR count). The minimum Gasteiger partial charge on any atom is -0.481 e. The zero-order valence-electron chi connectivity index (χ0n) is 8.64. The Hall–Kier alpha value is -1.00. The Balaban J connectivity index is 2.80. The third kappa shape index (κ3) is 3.25. The summed E-state index contributed by atoms with van der Waals surface area (Å²) in [5.41, 5.74) is 7.14. The molecule has 4 heteroatoms. The largest absolute Gasteiger partial charge is 0.481 e. The number of carboxylic acids is 1. The maximum atomic E-state index is 10.5. The molecule has 0 amide bonds. The molecule has 3 nitrogen and oxygen atoms in total. The van der Waals surface area contributed by atoms with E-state index in [1.54, 1.807) is 0 Å². The quantitative estimate of drug-likeness (QED) is 0.753. The summed E-state index contributed by atoms with van der Waals surface area (Å²) in [6, 6.07) is 9.60. The summed E-state index contributed by atoms with van der Waals surface area (Å²) >= 11 is 1.48. The third-order valence-electron chi connectivity index (χ3n) is 2.34. The second-order valence-corrected chi connectivity index (χ2v) is 4.49. The fourth-order valence-electron chi connectivity index (χ4n) is 1.38. The van der Waals surface area contributed by atoms with Crippen molar-refractivity contribution >= 4 is 17.7 Å². The van der Waals surface area contributed by atoms with Crippen LogP contribution in [-0.2, 0) is 9.67 Å². The van der Waals surface area contributed by atoms with Gasteiger partial charge in [0.15, 0.2) is 0 Å². The van der Waals surface area contributed by atoms with Crippen molar-refractivity contribution in [3.8, 4) is 0 Å². The predicted octanol–water partition coefficient (Wildman–Crippen LogP) is 2.03. The molecule has 0 aromatic heterocycles. The molecule has 82 valence electrons. The number of carbonyl (C=O) groups is 1. The molecular weight excluding hydrogens is 210 g/mol. The number of nitrogens with two attached hydrogens (primary N) is 1. The predicted molar refractivity (Wildman–Crippen MR) is 62.7 cm³/mol. The van der Waals surface area contributed by atoms with Gasteiger partial charge in [-0.2, -0.15) is 0 Å². The Labute approximate surface area is 93.7 Å². The summed E-state index contributed by atoms with van der Waals surface area (Å²) in [6.45, 7) is 0. The Bertz CT molecular complexity index is 329. The number of hydrogen-bond acceptors (Lipinski definition) is 3. The minimum atomic E-state index is -0.810. The van der Waals surface area contributed by atoms with Gasteiger partial charge in [0.2, 0.25) is 0 Å². The molecule has 0 saturated carbocycles. The van der Waals surface area contributed by atoms with E-state index in [-0.39, 0.29) is 6.42 Å². The van der Waals surface area contributed by atoms with E-state index in [0.717, 1.165) is 5.56 Å². The van der Waals surface area contributed by atoms with Gasteiger partial charge >= 0.3 is 5.97 Å². The lowest BCUT2D eigenvalue weighted by Crippen LogP contribution is -2.33. The molecular formula is C11H15NO2S. The first kappa shape index (κ1) is 12.1. The van der Waals surface area contributed by atoms with Gasteiger partial charge < -0.3 is 10.8 Å². The fraction of sp³-hybridized carbons (Fsp3) is 0.364. The van der Waals surface area contributed by atoms with Crippen LogP contribution < -0.4 is 5.73 Å². The van der Waals surface area contributed by atoms with E-state index in [9.17, 15) is 4.79 Å². The van der Waals surface area contributed by atoms with Gasteiger partial charge in [-0.15, -0.1) is 11.8 Å². The van der Waals surface area contributed by atoms with Crippen LogP contribution in [0.1, 0.15) is 18.4 Å². The molecule has 1 aromatic rings. The van der Waals surface area contributed by atoms with Crippen molar-refractivity contribution < 1.29 is 9.90 Å². The molecule has 0 fully saturated rings. The van der Waals surface area contributed by atoms with Crippen molar-refractivity contribution in [3.05, 3.63) is 35.9 Å². The normalized spacial score (nSPS) is 14.5. The highest BCUT2D eigenvalue weighted by atomic mass is 32.2. The van der Waals surface area contributed by atoms with Crippen LogP contribution in [0.5, 0.6) is 0 Å². The molecule has 0 radical (unpaired) electrons. The van der Waals surface area contributed by atoms with E-state index < -0.39 is 10.8 Å². The van der Waals surface area contributed by atoms with Gasteiger partial charge in [-0.25, -0.2) is 0 Å². The highest BCUT2D eigenvalue weighted by Crippen LogP contribution is 2.33. The van der Waals surface area contributed by atoms with Gasteiger partial charge in [-0.05, 0) is 18.2 Å². The van der Waals surface area contributed by atoms with Crippen LogP contribution in [0.15, 0.2) is 30.3 Å². The Morgan fingerprint density at radius 2 is 2.07 bits per heavy atom. The monoisotopic (exact) mass is 225 g/mol. The lowest BCUT2D eigenvalue weighted by molar-refractivity contribution is -0.137. The molecule has 0 saturated heterocycles. The average Bonchev–Trinajstić information content (AvgIpc) is 2.27. The first-order chi connectivity index (χ1) is 7.08. The molecule has 0 aliphatic carbocycles. The van der Waals surface area contributed by atoms with Crippen LogP contribution in [-0.4, -0.2) is 17.3 Å². The van der Waals surface area contributed by atoms with Crippen LogP contribution in [0, 0.1) is 0 Å². The smallest absolute Gasteiger partial charge is 0.303 e. The van der Waals surface area contributed by atoms with Crippen molar-refractivity contribution in [2.75, 3.05) is 6.26 Å². The Kier molecular flexibility index (Phi) is 4.17. The van der Waals surface area contributed by atoms with Crippen LogP contribution >= 0.6 is 11.8 Å². The van der Waals surface area contributed by atoms with E-state index in [1.807, 2.05) is 36.6 Å². The molecule has 1 aromatic carbocycles. The molecule has 1 unspecified atom stereocenters. The van der Waals surface area contributed by atoms with E-state index in [0.29, 0.717) is 6.42 Å². The number of rotatable bonds is 5. The lowest BCUT2D eigenvalue weighted by Gasteiger charge is -2.27.